The van der Waals surface area contributed by atoms with Crippen molar-refractivity contribution in [1.82, 2.24) is 9.88 Å². The highest BCUT2D eigenvalue weighted by molar-refractivity contribution is 6.06. The first-order valence-electron chi connectivity index (χ1n) is 17.7. The van der Waals surface area contributed by atoms with Crippen molar-refractivity contribution in [2.24, 2.45) is 5.41 Å². The average molecular weight is 660 g/mol. The molecule has 4 aromatic rings. The van der Waals surface area contributed by atoms with Crippen LogP contribution in [-0.2, 0) is 16.1 Å². The van der Waals surface area contributed by atoms with E-state index < -0.39 is 11.5 Å². The number of amides is 2. The van der Waals surface area contributed by atoms with E-state index in [0.717, 1.165) is 48.6 Å². The van der Waals surface area contributed by atoms with Crippen LogP contribution in [0.3, 0.4) is 0 Å². The molecule has 3 aromatic carbocycles. The molecule has 0 atom stereocenters. The summed E-state index contributed by atoms with van der Waals surface area (Å²) in [6, 6.07) is 21.4. The van der Waals surface area contributed by atoms with Gasteiger partial charge in [-0.3, -0.25) is 9.59 Å². The Bertz CT molecular complexity index is 1920. The van der Waals surface area contributed by atoms with E-state index in [4.69, 9.17) is 9.84 Å². The Hall–Kier alpha value is -4.85. The fourth-order valence-corrected chi connectivity index (χ4v) is 8.03. The van der Waals surface area contributed by atoms with E-state index in [1.165, 1.54) is 42.0 Å². The van der Waals surface area contributed by atoms with E-state index in [2.05, 4.69) is 47.2 Å². The van der Waals surface area contributed by atoms with E-state index in [1.807, 2.05) is 24.3 Å². The zero-order valence-electron chi connectivity index (χ0n) is 28.4. The van der Waals surface area contributed by atoms with E-state index in [0.29, 0.717) is 48.7 Å². The molecule has 3 aliphatic rings. The molecular weight excluding hydrogens is 614 g/mol. The van der Waals surface area contributed by atoms with Crippen LogP contribution in [0.15, 0.2) is 72.8 Å². The van der Waals surface area contributed by atoms with Gasteiger partial charge in [-0.15, -0.1) is 0 Å². The van der Waals surface area contributed by atoms with Crippen LogP contribution in [-0.4, -0.2) is 39.6 Å². The first-order valence-corrected chi connectivity index (χ1v) is 17.7. The third-order valence-electron chi connectivity index (χ3n) is 10.9. The molecule has 2 aliphatic carbocycles. The molecule has 1 aliphatic heterocycles. The SMILES string of the molecule is CC1(C)CCC(NC(=O)c2ccc3c(C4CCCCC4)c4n(c3c2)CCOc2ccccc2-4)(C(=O)Nc2ccc(/C=C/C(=O)O)cc2)CC1. The standard InChI is InChI=1S/C41H45N3O5/c1-40(2)20-22-41(23-21-40,39(48)42-30-16-12-27(13-17-30)14-19-35(45)46)43-38(47)29-15-18-31-33(26-29)44-24-25-49-34-11-7-6-10-32(34)37(44)36(31)28-8-4-3-5-9-28/h6-7,10-19,26,28H,3-5,8-9,20-25H2,1-2H3,(H,42,48)(H,43,47)(H,45,46)/b19-14+. The van der Waals surface area contributed by atoms with E-state index in [-0.39, 0.29) is 17.2 Å². The van der Waals surface area contributed by atoms with Crippen molar-refractivity contribution in [2.45, 2.75) is 89.6 Å². The predicted octanol–water partition coefficient (Wildman–Crippen LogP) is 8.55. The van der Waals surface area contributed by atoms with Gasteiger partial charge in [0.1, 0.15) is 17.9 Å². The number of carbonyl (C=O) groups excluding carboxylic acids is 2. The number of nitrogens with zero attached hydrogens (tertiary/aromatic N) is 1. The molecule has 3 N–H and O–H groups in total. The van der Waals surface area contributed by atoms with Crippen molar-refractivity contribution in [3.05, 3.63) is 89.5 Å². The first kappa shape index (κ1) is 32.7. The number of carbonyl (C=O) groups is 3. The minimum absolute atomic E-state index is 0.0723. The lowest BCUT2D eigenvalue weighted by molar-refractivity contribution is -0.131. The fraction of sp³-hybridized carbons (Fsp3) is 0.390. The van der Waals surface area contributed by atoms with Gasteiger partial charge in [0.05, 0.1) is 12.2 Å². The van der Waals surface area contributed by atoms with E-state index in [9.17, 15) is 14.4 Å². The average Bonchev–Trinajstić information content (AvgIpc) is 3.30. The summed E-state index contributed by atoms with van der Waals surface area (Å²) < 4.78 is 8.57. The van der Waals surface area contributed by atoms with Crippen LogP contribution in [0.4, 0.5) is 5.69 Å². The van der Waals surface area contributed by atoms with Crippen LogP contribution in [0, 0.1) is 5.41 Å². The number of aliphatic carboxylic acids is 1. The summed E-state index contributed by atoms with van der Waals surface area (Å²) in [5.41, 5.74) is 5.56. The van der Waals surface area contributed by atoms with Gasteiger partial charge in [-0.2, -0.15) is 0 Å². The molecule has 7 rings (SSSR count). The number of ether oxygens (including phenoxy) is 1. The lowest BCUT2D eigenvalue weighted by Gasteiger charge is -2.42. The highest BCUT2D eigenvalue weighted by atomic mass is 16.5. The van der Waals surface area contributed by atoms with Gasteiger partial charge in [-0.25, -0.2) is 4.79 Å². The molecule has 2 heterocycles. The summed E-state index contributed by atoms with van der Waals surface area (Å²) >= 11 is 0. The zero-order chi connectivity index (χ0) is 34.2. The maximum absolute atomic E-state index is 14.2. The number of aromatic nitrogens is 1. The molecule has 49 heavy (non-hydrogen) atoms. The fourth-order valence-electron chi connectivity index (χ4n) is 8.03. The molecule has 0 bridgehead atoms. The Morgan fingerprint density at radius 2 is 1.65 bits per heavy atom. The second kappa shape index (κ2) is 13.2. The molecule has 2 fully saturated rings. The first-order chi connectivity index (χ1) is 23.6. The maximum atomic E-state index is 14.2. The smallest absolute Gasteiger partial charge is 0.328 e. The van der Waals surface area contributed by atoms with Crippen molar-refractivity contribution in [2.75, 3.05) is 11.9 Å². The maximum Gasteiger partial charge on any atom is 0.328 e. The van der Waals surface area contributed by atoms with Gasteiger partial charge in [-0.1, -0.05) is 63.4 Å². The summed E-state index contributed by atoms with van der Waals surface area (Å²) in [5, 5.41) is 16.4. The molecule has 0 spiro atoms. The van der Waals surface area contributed by atoms with Crippen LogP contribution >= 0.6 is 0 Å². The van der Waals surface area contributed by atoms with Crippen molar-refractivity contribution >= 4 is 40.4 Å². The van der Waals surface area contributed by atoms with Crippen molar-refractivity contribution < 1.29 is 24.2 Å². The molecular formula is C41H45N3O5. The Balaban J connectivity index is 1.22. The topological polar surface area (TPSA) is 110 Å². The number of carboxylic acids is 1. The number of carboxylic acid groups (broad SMARTS) is 1. The van der Waals surface area contributed by atoms with Gasteiger partial charge in [0.25, 0.3) is 5.91 Å². The quantitative estimate of drug-likeness (QED) is 0.172. The molecule has 0 unspecified atom stereocenters. The number of anilines is 1. The second-order valence-electron chi connectivity index (χ2n) is 14.8. The van der Waals surface area contributed by atoms with E-state index in [1.54, 1.807) is 24.3 Å². The molecule has 0 saturated heterocycles. The largest absolute Gasteiger partial charge is 0.491 e. The predicted molar refractivity (Wildman–Crippen MR) is 193 cm³/mol. The molecule has 8 nitrogen and oxygen atoms in total. The highest BCUT2D eigenvalue weighted by Crippen LogP contribution is 2.47. The van der Waals surface area contributed by atoms with Gasteiger partial charge in [-0.05, 0) is 103 Å². The number of benzene rings is 3. The molecule has 8 heteroatoms. The van der Waals surface area contributed by atoms with Crippen LogP contribution in [0.25, 0.3) is 28.2 Å². The van der Waals surface area contributed by atoms with Crippen molar-refractivity contribution in [3.8, 4) is 17.0 Å². The number of nitrogens with one attached hydrogen (secondary N) is 2. The van der Waals surface area contributed by atoms with Gasteiger partial charge < -0.3 is 25.0 Å². The van der Waals surface area contributed by atoms with Crippen LogP contribution in [0.5, 0.6) is 5.75 Å². The number of hydrogen-bond acceptors (Lipinski definition) is 4. The van der Waals surface area contributed by atoms with Gasteiger partial charge in [0.2, 0.25) is 5.91 Å². The minimum atomic E-state index is -1.07. The summed E-state index contributed by atoms with van der Waals surface area (Å²) in [6.45, 7) is 5.64. The summed E-state index contributed by atoms with van der Waals surface area (Å²) in [4.78, 5) is 39.2. The summed E-state index contributed by atoms with van der Waals surface area (Å²) in [7, 11) is 0. The monoisotopic (exact) mass is 659 g/mol. The zero-order valence-corrected chi connectivity index (χ0v) is 28.4. The Labute approximate surface area is 287 Å². The minimum Gasteiger partial charge on any atom is -0.491 e. The molecule has 1 aromatic heterocycles. The third-order valence-corrected chi connectivity index (χ3v) is 10.9. The Morgan fingerprint density at radius 1 is 0.918 bits per heavy atom. The molecule has 0 radical (unpaired) electrons. The summed E-state index contributed by atoms with van der Waals surface area (Å²) in [6.07, 6.45) is 11.3. The lowest BCUT2D eigenvalue weighted by Crippen LogP contribution is -2.59. The van der Waals surface area contributed by atoms with Crippen LogP contribution in [0.1, 0.15) is 99.0 Å². The van der Waals surface area contributed by atoms with E-state index >= 15 is 0 Å². The Kier molecular flexibility index (Phi) is 8.82. The summed E-state index contributed by atoms with van der Waals surface area (Å²) in [5.74, 6) is -0.162. The van der Waals surface area contributed by atoms with Gasteiger partial charge >= 0.3 is 5.97 Å². The van der Waals surface area contributed by atoms with Crippen molar-refractivity contribution in [3.63, 3.8) is 0 Å². The number of para-hydroxylation sites is 1. The number of hydrogen-bond donors (Lipinski definition) is 3. The number of rotatable bonds is 7. The Morgan fingerprint density at radius 3 is 2.39 bits per heavy atom. The van der Waals surface area contributed by atoms with Gasteiger partial charge in [0, 0.05) is 33.8 Å². The van der Waals surface area contributed by atoms with Crippen LogP contribution in [0.2, 0.25) is 0 Å². The van der Waals surface area contributed by atoms with Crippen molar-refractivity contribution in [1.29, 1.82) is 0 Å². The molecule has 254 valence electrons. The normalized spacial score (nSPS) is 18.6. The molecule has 2 amide bonds. The third kappa shape index (κ3) is 6.61. The lowest BCUT2D eigenvalue weighted by atomic mass is 9.69. The highest BCUT2D eigenvalue weighted by Gasteiger charge is 2.45. The second-order valence-corrected chi connectivity index (χ2v) is 14.8. The number of fused-ring (bicyclic) bond motifs is 5. The van der Waals surface area contributed by atoms with Gasteiger partial charge in [0.15, 0.2) is 0 Å². The molecule has 2 saturated carbocycles. The van der Waals surface area contributed by atoms with Crippen LogP contribution < -0.4 is 15.4 Å².